The van der Waals surface area contributed by atoms with Gasteiger partial charge < -0.3 is 20.5 Å². The molecule has 1 amide bonds. The van der Waals surface area contributed by atoms with Crippen LogP contribution >= 0.6 is 0 Å². The third-order valence-electron chi connectivity index (χ3n) is 6.63. The highest BCUT2D eigenvalue weighted by molar-refractivity contribution is 6.00. The van der Waals surface area contributed by atoms with Crippen LogP contribution < -0.4 is 15.4 Å². The second-order valence-corrected chi connectivity index (χ2v) is 9.41. The van der Waals surface area contributed by atoms with E-state index in [1.807, 2.05) is 31.3 Å². The first-order valence-corrected chi connectivity index (χ1v) is 11.7. The monoisotopic (exact) mass is 459 g/mol. The summed E-state index contributed by atoms with van der Waals surface area (Å²) in [6.07, 6.45) is 7.56. The third-order valence-corrected chi connectivity index (χ3v) is 6.63. The van der Waals surface area contributed by atoms with Crippen molar-refractivity contribution in [1.29, 1.82) is 0 Å². The standard InChI is InChI=1S/C26H29N5O3/c1-16-20(13-18(15-29-16)27-8-6-26(2)4-5-26)17-11-22(30-24(12-17)34-10-9-32)19-3-7-28-25-21(19)14-23(33)31-25/h3,7,11-13,15,27,32H,4-6,8-10,14H2,1-2H3,(H,28,31,33). The fourth-order valence-corrected chi connectivity index (χ4v) is 4.27. The van der Waals surface area contributed by atoms with Crippen LogP contribution in [0.25, 0.3) is 22.4 Å². The Bertz CT molecular complexity index is 1240. The Kier molecular flexibility index (Phi) is 5.91. The van der Waals surface area contributed by atoms with E-state index < -0.39 is 0 Å². The smallest absolute Gasteiger partial charge is 0.230 e. The molecule has 0 atom stereocenters. The first-order valence-electron chi connectivity index (χ1n) is 11.7. The van der Waals surface area contributed by atoms with Gasteiger partial charge in [-0.2, -0.15) is 0 Å². The SMILES string of the molecule is Cc1ncc(NCCC2(C)CC2)cc1-c1cc(OCCO)nc(-c2ccnc3c2CC(=O)N3)c1. The average Bonchev–Trinajstić information content (AvgIpc) is 3.43. The molecule has 3 N–H and O–H groups in total. The molecule has 0 saturated heterocycles. The van der Waals surface area contributed by atoms with Gasteiger partial charge in [-0.25, -0.2) is 9.97 Å². The van der Waals surface area contributed by atoms with E-state index in [0.29, 0.717) is 22.8 Å². The van der Waals surface area contributed by atoms with Crippen LogP contribution in [0.15, 0.2) is 36.7 Å². The average molecular weight is 460 g/mol. The number of anilines is 2. The Labute approximate surface area is 198 Å². The maximum absolute atomic E-state index is 12.0. The maximum atomic E-state index is 12.0. The summed E-state index contributed by atoms with van der Waals surface area (Å²) in [5.41, 5.74) is 6.57. The molecule has 0 unspecified atom stereocenters. The molecule has 176 valence electrons. The van der Waals surface area contributed by atoms with E-state index in [0.717, 1.165) is 46.6 Å². The molecule has 34 heavy (non-hydrogen) atoms. The van der Waals surface area contributed by atoms with E-state index in [9.17, 15) is 9.90 Å². The lowest BCUT2D eigenvalue weighted by Crippen LogP contribution is -2.07. The highest BCUT2D eigenvalue weighted by Gasteiger charge is 2.36. The molecule has 3 aromatic rings. The minimum atomic E-state index is -0.108. The number of hydrogen-bond acceptors (Lipinski definition) is 7. The minimum Gasteiger partial charge on any atom is -0.475 e. The first kappa shape index (κ1) is 22.3. The number of aliphatic hydroxyl groups excluding tert-OH is 1. The number of aryl methyl sites for hydroxylation is 1. The number of hydrogen-bond donors (Lipinski definition) is 3. The molecule has 8 heteroatoms. The largest absolute Gasteiger partial charge is 0.475 e. The lowest BCUT2D eigenvalue weighted by molar-refractivity contribution is -0.115. The van der Waals surface area contributed by atoms with Crippen molar-refractivity contribution in [2.75, 3.05) is 30.4 Å². The van der Waals surface area contributed by atoms with Crippen LogP contribution in [0.4, 0.5) is 11.5 Å². The normalized spacial score (nSPS) is 15.6. The van der Waals surface area contributed by atoms with Gasteiger partial charge in [0.05, 0.1) is 30.6 Å². The van der Waals surface area contributed by atoms with Crippen molar-refractivity contribution in [3.05, 3.63) is 47.9 Å². The van der Waals surface area contributed by atoms with Gasteiger partial charge >= 0.3 is 0 Å². The number of rotatable bonds is 9. The second kappa shape index (κ2) is 9.02. The minimum absolute atomic E-state index is 0.0817. The fourth-order valence-electron chi connectivity index (χ4n) is 4.27. The summed E-state index contributed by atoms with van der Waals surface area (Å²) >= 11 is 0. The van der Waals surface area contributed by atoms with Gasteiger partial charge in [-0.1, -0.05) is 6.92 Å². The van der Waals surface area contributed by atoms with E-state index >= 15 is 0 Å². The van der Waals surface area contributed by atoms with Gasteiger partial charge in [-0.3, -0.25) is 9.78 Å². The lowest BCUT2D eigenvalue weighted by atomic mass is 9.99. The Morgan fingerprint density at radius 2 is 2.06 bits per heavy atom. The van der Waals surface area contributed by atoms with E-state index in [4.69, 9.17) is 4.74 Å². The molecular formula is C26H29N5O3. The van der Waals surface area contributed by atoms with Gasteiger partial charge in [-0.15, -0.1) is 0 Å². The van der Waals surface area contributed by atoms with E-state index in [2.05, 4.69) is 38.6 Å². The first-order chi connectivity index (χ1) is 16.4. The molecule has 3 aromatic heterocycles. The molecular weight excluding hydrogens is 430 g/mol. The Morgan fingerprint density at radius 3 is 2.85 bits per heavy atom. The summed E-state index contributed by atoms with van der Waals surface area (Å²) in [7, 11) is 0. The zero-order valence-corrected chi connectivity index (χ0v) is 19.5. The van der Waals surface area contributed by atoms with Crippen LogP contribution in [0.2, 0.25) is 0 Å². The second-order valence-electron chi connectivity index (χ2n) is 9.41. The summed E-state index contributed by atoms with van der Waals surface area (Å²) in [4.78, 5) is 25.5. The number of aliphatic hydroxyl groups is 1. The molecule has 1 aliphatic heterocycles. The van der Waals surface area contributed by atoms with Crippen molar-refractivity contribution < 1.29 is 14.6 Å². The molecule has 0 spiro atoms. The Hall–Kier alpha value is -3.52. The zero-order chi connectivity index (χ0) is 23.7. The van der Waals surface area contributed by atoms with Crippen LogP contribution in [0, 0.1) is 12.3 Å². The van der Waals surface area contributed by atoms with Crippen molar-refractivity contribution in [3.63, 3.8) is 0 Å². The summed E-state index contributed by atoms with van der Waals surface area (Å²) in [6, 6.07) is 7.82. The third kappa shape index (κ3) is 4.72. The number of ether oxygens (including phenoxy) is 1. The summed E-state index contributed by atoms with van der Waals surface area (Å²) in [6.45, 7) is 5.26. The van der Waals surface area contributed by atoms with Crippen LogP contribution in [0.1, 0.15) is 37.4 Å². The topological polar surface area (TPSA) is 109 Å². The van der Waals surface area contributed by atoms with Gasteiger partial charge in [0, 0.05) is 41.2 Å². The van der Waals surface area contributed by atoms with Gasteiger partial charge in [0.1, 0.15) is 12.4 Å². The summed E-state index contributed by atoms with van der Waals surface area (Å²) < 4.78 is 5.70. The molecule has 1 fully saturated rings. The fraction of sp³-hybridized carbons (Fsp3) is 0.385. The van der Waals surface area contributed by atoms with Crippen molar-refractivity contribution >= 4 is 17.4 Å². The number of amides is 1. The molecule has 1 aliphatic carbocycles. The number of fused-ring (bicyclic) bond motifs is 1. The van der Waals surface area contributed by atoms with E-state index in [1.165, 1.54) is 12.8 Å². The van der Waals surface area contributed by atoms with Crippen molar-refractivity contribution in [2.45, 2.75) is 39.5 Å². The molecule has 1 saturated carbocycles. The van der Waals surface area contributed by atoms with Gasteiger partial charge in [0.2, 0.25) is 11.8 Å². The van der Waals surface area contributed by atoms with Gasteiger partial charge in [-0.05, 0) is 55.4 Å². The number of pyridine rings is 3. The zero-order valence-electron chi connectivity index (χ0n) is 19.5. The Balaban J connectivity index is 1.51. The highest BCUT2D eigenvalue weighted by atomic mass is 16.5. The lowest BCUT2D eigenvalue weighted by Gasteiger charge is -2.15. The number of carbonyl (C=O) groups is 1. The van der Waals surface area contributed by atoms with Crippen molar-refractivity contribution in [3.8, 4) is 28.3 Å². The molecule has 0 aromatic carbocycles. The van der Waals surface area contributed by atoms with Crippen molar-refractivity contribution in [2.24, 2.45) is 5.41 Å². The van der Waals surface area contributed by atoms with Crippen molar-refractivity contribution in [1.82, 2.24) is 15.0 Å². The number of nitrogens with zero attached hydrogens (tertiary/aromatic N) is 3. The number of carbonyl (C=O) groups excluding carboxylic acids is 1. The molecule has 4 heterocycles. The highest BCUT2D eigenvalue weighted by Crippen LogP contribution is 2.47. The van der Waals surface area contributed by atoms with Gasteiger partial charge in [0.25, 0.3) is 0 Å². The Morgan fingerprint density at radius 1 is 1.21 bits per heavy atom. The molecule has 5 rings (SSSR count). The predicted molar refractivity (Wildman–Crippen MR) is 131 cm³/mol. The number of aromatic nitrogens is 3. The van der Waals surface area contributed by atoms with Crippen LogP contribution in [0.3, 0.4) is 0 Å². The predicted octanol–water partition coefficient (Wildman–Crippen LogP) is 3.98. The molecule has 0 bridgehead atoms. The van der Waals surface area contributed by atoms with Gasteiger partial charge in [0.15, 0.2) is 0 Å². The van der Waals surface area contributed by atoms with E-state index in [1.54, 1.807) is 6.20 Å². The molecule has 2 aliphatic rings. The number of nitrogens with one attached hydrogen (secondary N) is 2. The van der Waals surface area contributed by atoms with E-state index in [-0.39, 0.29) is 25.5 Å². The maximum Gasteiger partial charge on any atom is 0.230 e. The molecule has 0 radical (unpaired) electrons. The van der Waals surface area contributed by atoms with Crippen LogP contribution in [0.5, 0.6) is 5.88 Å². The summed E-state index contributed by atoms with van der Waals surface area (Å²) in [5, 5.41) is 15.6. The molecule has 8 nitrogen and oxygen atoms in total. The quantitative estimate of drug-likeness (QED) is 0.444. The summed E-state index contributed by atoms with van der Waals surface area (Å²) in [5.74, 6) is 0.895. The van der Waals surface area contributed by atoms with Crippen LogP contribution in [-0.2, 0) is 11.2 Å². The van der Waals surface area contributed by atoms with Crippen LogP contribution in [-0.4, -0.2) is 45.7 Å².